The van der Waals surface area contributed by atoms with Crippen LogP contribution in [0.15, 0.2) is 0 Å². The molecule has 0 radical (unpaired) electrons. The summed E-state index contributed by atoms with van der Waals surface area (Å²) in [5.74, 6) is 0.933. The third-order valence-electron chi connectivity index (χ3n) is 17.8. The summed E-state index contributed by atoms with van der Waals surface area (Å²) in [5, 5.41) is 10.6. The molecule has 19 heteroatoms. The van der Waals surface area contributed by atoms with Crippen LogP contribution in [0, 0.1) is 23.7 Å². The number of hydrogen-bond acceptors (Lipinski definition) is 15. The number of rotatable bonds is 71. The highest BCUT2D eigenvalue weighted by Crippen LogP contribution is 2.45. The van der Waals surface area contributed by atoms with Crippen molar-refractivity contribution < 1.29 is 80.2 Å². The highest BCUT2D eigenvalue weighted by molar-refractivity contribution is 7.47. The molecule has 93 heavy (non-hydrogen) atoms. The van der Waals surface area contributed by atoms with E-state index in [2.05, 4.69) is 55.4 Å². The molecule has 0 aliphatic carbocycles. The maximum atomic E-state index is 13.1. The van der Waals surface area contributed by atoms with E-state index in [1.807, 2.05) is 0 Å². The van der Waals surface area contributed by atoms with Crippen LogP contribution < -0.4 is 0 Å². The van der Waals surface area contributed by atoms with Crippen LogP contribution in [0.25, 0.3) is 0 Å². The van der Waals surface area contributed by atoms with Crippen LogP contribution in [0.5, 0.6) is 0 Å². The molecule has 0 amide bonds. The van der Waals surface area contributed by atoms with Crippen molar-refractivity contribution in [2.75, 3.05) is 39.6 Å². The first-order valence-electron chi connectivity index (χ1n) is 38.3. The minimum absolute atomic E-state index is 0.105. The fraction of sp³-hybridized carbons (Fsp3) is 0.946. The average molecular weight is 1370 g/mol. The molecule has 0 rings (SSSR count). The summed E-state index contributed by atoms with van der Waals surface area (Å²) >= 11 is 0. The van der Waals surface area contributed by atoms with E-state index in [0.717, 1.165) is 120 Å². The van der Waals surface area contributed by atoms with Crippen molar-refractivity contribution in [1.82, 2.24) is 0 Å². The van der Waals surface area contributed by atoms with Gasteiger partial charge in [-0.2, -0.15) is 0 Å². The van der Waals surface area contributed by atoms with E-state index >= 15 is 0 Å². The molecule has 0 aromatic carbocycles. The molecule has 0 bridgehead atoms. The van der Waals surface area contributed by atoms with E-state index in [1.165, 1.54) is 167 Å². The summed E-state index contributed by atoms with van der Waals surface area (Å²) in [7, 11) is -9.91. The number of carbonyl (C=O) groups is 4. The molecule has 17 nitrogen and oxygen atoms in total. The van der Waals surface area contributed by atoms with Gasteiger partial charge >= 0.3 is 39.5 Å². The van der Waals surface area contributed by atoms with Gasteiger partial charge in [0, 0.05) is 25.7 Å². The molecule has 0 saturated carbocycles. The van der Waals surface area contributed by atoms with Crippen LogP contribution in [-0.2, 0) is 65.4 Å². The van der Waals surface area contributed by atoms with Crippen molar-refractivity contribution >= 4 is 39.5 Å². The van der Waals surface area contributed by atoms with E-state index in [1.54, 1.807) is 0 Å². The van der Waals surface area contributed by atoms with E-state index in [9.17, 15) is 43.2 Å². The Morgan fingerprint density at radius 3 is 0.763 bits per heavy atom. The summed E-state index contributed by atoms with van der Waals surface area (Å²) in [6.45, 7) is 14.2. The van der Waals surface area contributed by atoms with Crippen LogP contribution >= 0.6 is 15.6 Å². The monoisotopic (exact) mass is 1370 g/mol. The molecule has 552 valence electrons. The first kappa shape index (κ1) is 91.1. The quantitative estimate of drug-likeness (QED) is 0.0222. The fourth-order valence-corrected chi connectivity index (χ4v) is 12.7. The topological polar surface area (TPSA) is 237 Å². The van der Waals surface area contributed by atoms with Crippen molar-refractivity contribution in [3.63, 3.8) is 0 Å². The van der Waals surface area contributed by atoms with Crippen LogP contribution in [0.1, 0.15) is 370 Å². The minimum atomic E-state index is -4.96. The molecule has 0 aliphatic heterocycles. The van der Waals surface area contributed by atoms with Crippen LogP contribution in [-0.4, -0.2) is 96.7 Å². The number of aliphatic hydroxyl groups is 1. The molecular formula is C74H144O17P2. The molecule has 0 aliphatic rings. The summed E-state index contributed by atoms with van der Waals surface area (Å²) in [5.41, 5.74) is 0. The normalized spacial score (nSPS) is 14.8. The van der Waals surface area contributed by atoms with Crippen LogP contribution in [0.4, 0.5) is 0 Å². The van der Waals surface area contributed by atoms with Crippen LogP contribution in [0.3, 0.4) is 0 Å². The molecule has 3 N–H and O–H groups in total. The highest BCUT2D eigenvalue weighted by atomic mass is 31.2. The predicted octanol–water partition coefficient (Wildman–Crippen LogP) is 21.3. The number of hydrogen-bond donors (Lipinski definition) is 3. The molecule has 0 saturated heterocycles. The zero-order valence-corrected chi connectivity index (χ0v) is 62.7. The lowest BCUT2D eigenvalue weighted by molar-refractivity contribution is -0.161. The van der Waals surface area contributed by atoms with Crippen molar-refractivity contribution in [2.45, 2.75) is 388 Å². The van der Waals surface area contributed by atoms with Gasteiger partial charge in [-0.3, -0.25) is 37.3 Å². The van der Waals surface area contributed by atoms with Gasteiger partial charge < -0.3 is 33.8 Å². The minimum Gasteiger partial charge on any atom is -0.462 e. The SMILES string of the molecule is CCC(C)CCCCCCCCCCC(=O)O[C@H](COC(=O)CCCCCCCCCCCCCCCCCC(C)C)COP(=O)(O)OC[C@@H](O)COP(=O)(O)OC[C@@H](COC(=O)CCCCCCCCC(C)CC)OC(=O)CCCCCCCCCCCCC(C)C. The third kappa shape index (κ3) is 65.8. The maximum Gasteiger partial charge on any atom is 0.472 e. The van der Waals surface area contributed by atoms with Gasteiger partial charge in [0.1, 0.15) is 19.3 Å². The van der Waals surface area contributed by atoms with Gasteiger partial charge in [-0.25, -0.2) is 9.13 Å². The van der Waals surface area contributed by atoms with E-state index < -0.39 is 97.5 Å². The van der Waals surface area contributed by atoms with E-state index in [4.69, 9.17) is 37.0 Å². The Balaban J connectivity index is 5.23. The summed E-state index contributed by atoms with van der Waals surface area (Å²) in [6.07, 6.45) is 47.2. The smallest absolute Gasteiger partial charge is 0.462 e. The first-order chi connectivity index (χ1) is 44.7. The van der Waals surface area contributed by atoms with Gasteiger partial charge in [0.2, 0.25) is 0 Å². The molecule has 0 aromatic rings. The average Bonchev–Trinajstić information content (AvgIpc) is 3.09. The van der Waals surface area contributed by atoms with Gasteiger partial charge in [-0.05, 0) is 49.4 Å². The van der Waals surface area contributed by atoms with Crippen molar-refractivity contribution in [2.24, 2.45) is 23.7 Å². The lowest BCUT2D eigenvalue weighted by Gasteiger charge is -2.21. The maximum absolute atomic E-state index is 13.1. The summed E-state index contributed by atoms with van der Waals surface area (Å²) in [6, 6.07) is 0. The predicted molar refractivity (Wildman–Crippen MR) is 377 cm³/mol. The van der Waals surface area contributed by atoms with Gasteiger partial charge in [-0.15, -0.1) is 0 Å². The molecule has 0 spiro atoms. The van der Waals surface area contributed by atoms with Gasteiger partial charge in [0.15, 0.2) is 12.2 Å². The first-order valence-corrected chi connectivity index (χ1v) is 41.3. The third-order valence-corrected chi connectivity index (χ3v) is 19.7. The Morgan fingerprint density at radius 1 is 0.301 bits per heavy atom. The molecule has 0 fully saturated rings. The number of esters is 4. The second kappa shape index (κ2) is 63.5. The standard InChI is InChI=1S/C74H144O17P2/c1-9-66(7)52-44-36-28-24-25-31-41-49-57-74(79)91-69(60-84-71(76)54-46-38-29-22-17-15-13-11-12-14-16-20-26-34-42-50-64(3)4)62-88-92(80,81)86-58-68(75)59-87-93(82,83)89-63-70(61-85-72(77)55-47-39-33-32-37-45-53-67(8)10-2)90-73(78)56-48-40-30-23-19-18-21-27-35-43-51-65(5)6/h64-70,75H,9-63H2,1-8H3,(H,80,81)(H,82,83)/t66?,67?,68-,69-,70-/m1/s1. The lowest BCUT2D eigenvalue weighted by Crippen LogP contribution is -2.30. The Kier molecular flexibility index (Phi) is 62.2. The Hall–Kier alpha value is -1.94. The molecular weight excluding hydrogens is 1220 g/mol. The number of ether oxygens (including phenoxy) is 4. The Bertz CT molecular complexity index is 1840. The number of phosphoric acid groups is 2. The highest BCUT2D eigenvalue weighted by Gasteiger charge is 2.30. The zero-order chi connectivity index (χ0) is 68.9. The zero-order valence-electron chi connectivity index (χ0n) is 60.9. The Labute approximate surface area is 568 Å². The number of aliphatic hydroxyl groups excluding tert-OH is 1. The summed E-state index contributed by atoms with van der Waals surface area (Å²) < 4.78 is 68.4. The van der Waals surface area contributed by atoms with Gasteiger partial charge in [0.25, 0.3) is 0 Å². The second-order valence-corrected chi connectivity index (χ2v) is 31.0. The number of unbranched alkanes of at least 4 members (excludes halogenated alkanes) is 35. The lowest BCUT2D eigenvalue weighted by atomic mass is 9.99. The Morgan fingerprint density at radius 2 is 0.516 bits per heavy atom. The largest absolute Gasteiger partial charge is 0.472 e. The molecule has 0 heterocycles. The van der Waals surface area contributed by atoms with Crippen LogP contribution in [0.2, 0.25) is 0 Å². The molecule has 7 atom stereocenters. The summed E-state index contributed by atoms with van der Waals surface area (Å²) in [4.78, 5) is 72.7. The fourth-order valence-electron chi connectivity index (χ4n) is 11.1. The van der Waals surface area contributed by atoms with Gasteiger partial charge in [0.05, 0.1) is 26.4 Å². The second-order valence-electron chi connectivity index (χ2n) is 28.1. The van der Waals surface area contributed by atoms with Gasteiger partial charge in [-0.1, -0.05) is 319 Å². The molecule has 0 aromatic heterocycles. The van der Waals surface area contributed by atoms with E-state index in [-0.39, 0.29) is 25.7 Å². The van der Waals surface area contributed by atoms with E-state index in [0.29, 0.717) is 25.7 Å². The number of carbonyl (C=O) groups excluding carboxylic acids is 4. The molecule has 4 unspecified atom stereocenters. The van der Waals surface area contributed by atoms with Crippen molar-refractivity contribution in [3.05, 3.63) is 0 Å². The number of phosphoric ester groups is 2. The van der Waals surface area contributed by atoms with Crippen molar-refractivity contribution in [3.8, 4) is 0 Å². The van der Waals surface area contributed by atoms with Crippen molar-refractivity contribution in [1.29, 1.82) is 0 Å².